The summed E-state index contributed by atoms with van der Waals surface area (Å²) in [6, 6.07) is 5.91. The van der Waals surface area contributed by atoms with Gasteiger partial charge in [0.15, 0.2) is 5.96 Å². The van der Waals surface area contributed by atoms with E-state index in [9.17, 15) is 0 Å². The zero-order valence-corrected chi connectivity index (χ0v) is 16.8. The Balaban J connectivity index is 1.51. The standard InChI is InChI=1S/C19H24ClN5S/c1-12(2)17-11-26-18(25-17)10-24-19(21-3)22-7-6-13-9-23-16-5-4-14(20)8-15(13)16/h4-5,8-9,11-12,23H,6-7,10H2,1-3H3,(H2,21,22,24). The van der Waals surface area contributed by atoms with Crippen molar-refractivity contribution >= 4 is 39.8 Å². The van der Waals surface area contributed by atoms with Crippen LogP contribution < -0.4 is 10.6 Å². The van der Waals surface area contributed by atoms with Crippen LogP contribution >= 0.6 is 22.9 Å². The lowest BCUT2D eigenvalue weighted by Crippen LogP contribution is -2.37. The number of guanidine groups is 1. The monoisotopic (exact) mass is 389 g/mol. The molecule has 0 saturated carbocycles. The number of nitrogens with zero attached hydrogens (tertiary/aromatic N) is 2. The van der Waals surface area contributed by atoms with Crippen LogP contribution in [0.2, 0.25) is 5.02 Å². The summed E-state index contributed by atoms with van der Waals surface area (Å²) < 4.78 is 0. The van der Waals surface area contributed by atoms with E-state index in [-0.39, 0.29) is 0 Å². The molecule has 0 amide bonds. The van der Waals surface area contributed by atoms with E-state index in [1.807, 2.05) is 24.4 Å². The first kappa shape index (κ1) is 18.7. The quantitative estimate of drug-likeness (QED) is 0.434. The number of thiazole rings is 1. The lowest BCUT2D eigenvalue weighted by atomic mass is 10.1. The summed E-state index contributed by atoms with van der Waals surface area (Å²) in [5.41, 5.74) is 3.50. The molecule has 0 atom stereocenters. The topological polar surface area (TPSA) is 65.1 Å². The first-order chi connectivity index (χ1) is 12.6. The maximum Gasteiger partial charge on any atom is 0.191 e. The summed E-state index contributed by atoms with van der Waals surface area (Å²) >= 11 is 7.79. The summed E-state index contributed by atoms with van der Waals surface area (Å²) in [4.78, 5) is 12.2. The molecule has 3 aromatic rings. The average molecular weight is 390 g/mol. The minimum Gasteiger partial charge on any atom is -0.361 e. The van der Waals surface area contributed by atoms with Crippen molar-refractivity contribution in [2.45, 2.75) is 32.7 Å². The molecule has 26 heavy (non-hydrogen) atoms. The van der Waals surface area contributed by atoms with E-state index in [0.717, 1.165) is 40.2 Å². The number of nitrogens with one attached hydrogen (secondary N) is 3. The lowest BCUT2D eigenvalue weighted by Gasteiger charge is -2.10. The molecule has 0 bridgehead atoms. The van der Waals surface area contributed by atoms with Gasteiger partial charge in [-0.25, -0.2) is 4.98 Å². The summed E-state index contributed by atoms with van der Waals surface area (Å²) in [5, 5.41) is 11.8. The number of halogens is 1. The van der Waals surface area contributed by atoms with Gasteiger partial charge in [-0.3, -0.25) is 4.99 Å². The summed E-state index contributed by atoms with van der Waals surface area (Å²) in [7, 11) is 1.78. The minimum absolute atomic E-state index is 0.460. The number of rotatable bonds is 6. The number of aliphatic imine (C=N–C) groups is 1. The molecule has 138 valence electrons. The molecule has 0 spiro atoms. The van der Waals surface area contributed by atoms with Crippen molar-refractivity contribution in [3.8, 4) is 0 Å². The predicted molar refractivity (Wildman–Crippen MR) is 111 cm³/mol. The third-order valence-corrected chi connectivity index (χ3v) is 5.31. The summed E-state index contributed by atoms with van der Waals surface area (Å²) in [5.74, 6) is 1.24. The number of aromatic amines is 1. The molecule has 0 aliphatic heterocycles. The molecule has 2 heterocycles. The number of H-pyrrole nitrogens is 1. The Morgan fingerprint density at radius 1 is 1.35 bits per heavy atom. The van der Waals surface area contributed by atoms with Gasteiger partial charge in [-0.15, -0.1) is 11.3 Å². The largest absolute Gasteiger partial charge is 0.361 e. The molecular formula is C19H24ClN5S. The van der Waals surface area contributed by atoms with E-state index >= 15 is 0 Å². The highest BCUT2D eigenvalue weighted by atomic mass is 35.5. The SMILES string of the molecule is CN=C(NCCc1c[nH]c2ccc(Cl)cc12)NCc1nc(C(C)C)cs1. The van der Waals surface area contributed by atoms with Gasteiger partial charge in [-0.2, -0.15) is 0 Å². The van der Waals surface area contributed by atoms with Crippen LogP contribution in [-0.4, -0.2) is 29.5 Å². The third-order valence-electron chi connectivity index (χ3n) is 4.21. The van der Waals surface area contributed by atoms with E-state index in [0.29, 0.717) is 12.5 Å². The van der Waals surface area contributed by atoms with Crippen molar-refractivity contribution in [2.24, 2.45) is 4.99 Å². The highest BCUT2D eigenvalue weighted by Gasteiger charge is 2.07. The van der Waals surface area contributed by atoms with Crippen LogP contribution in [0.1, 0.15) is 36.0 Å². The lowest BCUT2D eigenvalue weighted by molar-refractivity contribution is 0.779. The molecule has 0 aliphatic carbocycles. The van der Waals surface area contributed by atoms with Gasteiger partial charge in [0.05, 0.1) is 12.2 Å². The van der Waals surface area contributed by atoms with Crippen LogP contribution in [-0.2, 0) is 13.0 Å². The summed E-state index contributed by atoms with van der Waals surface area (Å²) in [6.45, 7) is 5.78. The van der Waals surface area contributed by atoms with Crippen molar-refractivity contribution in [2.75, 3.05) is 13.6 Å². The van der Waals surface area contributed by atoms with Crippen molar-refractivity contribution in [3.63, 3.8) is 0 Å². The summed E-state index contributed by atoms with van der Waals surface area (Å²) in [6.07, 6.45) is 2.93. The maximum atomic E-state index is 6.11. The normalized spacial score (nSPS) is 12.1. The van der Waals surface area contributed by atoms with Gasteiger partial charge in [0.25, 0.3) is 0 Å². The van der Waals surface area contributed by atoms with E-state index in [1.165, 1.54) is 10.9 Å². The van der Waals surface area contributed by atoms with Crippen molar-refractivity contribution < 1.29 is 0 Å². The molecular weight excluding hydrogens is 366 g/mol. The van der Waals surface area contributed by atoms with E-state index in [2.05, 4.69) is 44.8 Å². The Labute approximate surface area is 162 Å². The van der Waals surface area contributed by atoms with Gasteiger partial charge in [0.2, 0.25) is 0 Å². The van der Waals surface area contributed by atoms with Gasteiger partial charge >= 0.3 is 0 Å². The van der Waals surface area contributed by atoms with Crippen LogP contribution in [0.4, 0.5) is 0 Å². The number of hydrogen-bond acceptors (Lipinski definition) is 3. The highest BCUT2D eigenvalue weighted by molar-refractivity contribution is 7.09. The van der Waals surface area contributed by atoms with Gasteiger partial charge in [0, 0.05) is 41.1 Å². The Bertz CT molecular complexity index is 896. The second-order valence-corrected chi connectivity index (χ2v) is 7.81. The molecule has 7 heteroatoms. The molecule has 5 nitrogen and oxygen atoms in total. The molecule has 0 saturated heterocycles. The molecule has 3 rings (SSSR count). The Hall–Kier alpha value is -2.05. The Morgan fingerprint density at radius 2 is 2.19 bits per heavy atom. The van der Waals surface area contributed by atoms with Crippen LogP contribution in [0.5, 0.6) is 0 Å². The molecule has 0 radical (unpaired) electrons. The highest BCUT2D eigenvalue weighted by Crippen LogP contribution is 2.22. The van der Waals surface area contributed by atoms with Gasteiger partial charge < -0.3 is 15.6 Å². The smallest absolute Gasteiger partial charge is 0.191 e. The van der Waals surface area contributed by atoms with Crippen LogP contribution in [0, 0.1) is 0 Å². The molecule has 0 fully saturated rings. The molecule has 0 aliphatic rings. The van der Waals surface area contributed by atoms with Crippen LogP contribution in [0.25, 0.3) is 10.9 Å². The first-order valence-electron chi connectivity index (χ1n) is 8.71. The third kappa shape index (κ3) is 4.56. The predicted octanol–water partition coefficient (Wildman–Crippen LogP) is 4.31. The number of benzene rings is 1. The molecule has 0 unspecified atom stereocenters. The number of aromatic nitrogens is 2. The molecule has 3 N–H and O–H groups in total. The number of fused-ring (bicyclic) bond motifs is 1. The Kier molecular flexibility index (Phi) is 6.16. The molecule has 2 aromatic heterocycles. The second-order valence-electron chi connectivity index (χ2n) is 6.43. The van der Waals surface area contributed by atoms with Gasteiger partial charge in [-0.1, -0.05) is 25.4 Å². The maximum absolute atomic E-state index is 6.11. The van der Waals surface area contributed by atoms with E-state index in [4.69, 9.17) is 11.6 Å². The first-order valence-corrected chi connectivity index (χ1v) is 9.97. The van der Waals surface area contributed by atoms with Crippen molar-refractivity contribution in [1.29, 1.82) is 0 Å². The van der Waals surface area contributed by atoms with Crippen LogP contribution in [0.3, 0.4) is 0 Å². The van der Waals surface area contributed by atoms with E-state index in [1.54, 1.807) is 18.4 Å². The van der Waals surface area contributed by atoms with E-state index < -0.39 is 0 Å². The van der Waals surface area contributed by atoms with Crippen molar-refractivity contribution in [1.82, 2.24) is 20.6 Å². The number of hydrogen-bond donors (Lipinski definition) is 3. The zero-order chi connectivity index (χ0) is 18.5. The van der Waals surface area contributed by atoms with Crippen LogP contribution in [0.15, 0.2) is 34.8 Å². The fourth-order valence-electron chi connectivity index (χ4n) is 2.72. The van der Waals surface area contributed by atoms with Gasteiger partial charge in [0.1, 0.15) is 5.01 Å². The Morgan fingerprint density at radius 3 is 2.92 bits per heavy atom. The fourth-order valence-corrected chi connectivity index (χ4v) is 3.79. The second kappa shape index (κ2) is 8.56. The fraction of sp³-hybridized carbons (Fsp3) is 0.368. The minimum atomic E-state index is 0.460. The molecule has 1 aromatic carbocycles. The van der Waals surface area contributed by atoms with Crippen molar-refractivity contribution in [3.05, 3.63) is 51.1 Å². The average Bonchev–Trinajstić information content (AvgIpc) is 3.25. The zero-order valence-electron chi connectivity index (χ0n) is 15.3. The van der Waals surface area contributed by atoms with Gasteiger partial charge in [-0.05, 0) is 36.1 Å².